The van der Waals surface area contributed by atoms with E-state index in [1.54, 1.807) is 50.0 Å². The molecule has 0 bridgehead atoms. The molecular formula is C18H24F3NO2Si. The van der Waals surface area contributed by atoms with E-state index in [2.05, 4.69) is 0 Å². The number of amides is 1. The fourth-order valence-electron chi connectivity index (χ4n) is 4.27. The Morgan fingerprint density at radius 2 is 1.84 bits per heavy atom. The fraction of sp³-hybridized carbons (Fsp3) is 0.611. The Bertz CT molecular complexity index is 644. The van der Waals surface area contributed by atoms with Crippen LogP contribution in [0.15, 0.2) is 30.3 Å². The maximum Gasteiger partial charge on any atom is 0.436 e. The van der Waals surface area contributed by atoms with Crippen LogP contribution in [0, 0.1) is 11.8 Å². The van der Waals surface area contributed by atoms with Crippen molar-refractivity contribution in [1.29, 1.82) is 0 Å². The SMILES string of the molecule is C[Si](C)(C)OC1(C(F)(F)F)C2CCCC2C(=O)N1Cc1ccccc1. The van der Waals surface area contributed by atoms with E-state index in [9.17, 15) is 18.0 Å². The van der Waals surface area contributed by atoms with Gasteiger partial charge in [-0.25, -0.2) is 0 Å². The Morgan fingerprint density at radius 1 is 1.20 bits per heavy atom. The van der Waals surface area contributed by atoms with Gasteiger partial charge in [-0.3, -0.25) is 4.79 Å². The Balaban J connectivity index is 2.09. The van der Waals surface area contributed by atoms with Gasteiger partial charge >= 0.3 is 6.18 Å². The van der Waals surface area contributed by atoms with Gasteiger partial charge < -0.3 is 9.33 Å². The molecule has 1 heterocycles. The first-order valence-electron chi connectivity index (χ1n) is 8.68. The van der Waals surface area contributed by atoms with Crippen molar-refractivity contribution in [3.8, 4) is 0 Å². The van der Waals surface area contributed by atoms with Gasteiger partial charge in [0.2, 0.25) is 11.6 Å². The first-order valence-corrected chi connectivity index (χ1v) is 12.1. The molecule has 1 aromatic rings. The Hall–Kier alpha value is -1.34. The summed E-state index contributed by atoms with van der Waals surface area (Å²) in [7, 11) is -2.57. The summed E-state index contributed by atoms with van der Waals surface area (Å²) in [6.45, 7) is 5.16. The van der Waals surface area contributed by atoms with E-state index < -0.39 is 38.0 Å². The Labute approximate surface area is 147 Å². The maximum absolute atomic E-state index is 14.4. The highest BCUT2D eigenvalue weighted by Crippen LogP contribution is 2.57. The second kappa shape index (κ2) is 6.12. The first-order chi connectivity index (χ1) is 11.6. The van der Waals surface area contributed by atoms with Crippen LogP contribution in [0.25, 0.3) is 0 Å². The molecule has 3 nitrogen and oxygen atoms in total. The van der Waals surface area contributed by atoms with E-state index in [-0.39, 0.29) is 6.54 Å². The van der Waals surface area contributed by atoms with Crippen molar-refractivity contribution in [3.63, 3.8) is 0 Å². The van der Waals surface area contributed by atoms with E-state index >= 15 is 0 Å². The lowest BCUT2D eigenvalue weighted by atomic mass is 9.90. The zero-order valence-electron chi connectivity index (χ0n) is 14.8. The number of benzene rings is 1. The molecule has 0 N–H and O–H groups in total. The molecule has 3 atom stereocenters. The normalized spacial score (nSPS) is 30.0. The van der Waals surface area contributed by atoms with Crippen LogP contribution in [-0.2, 0) is 15.8 Å². The van der Waals surface area contributed by atoms with E-state index in [0.717, 1.165) is 4.90 Å². The van der Waals surface area contributed by atoms with Crippen molar-refractivity contribution in [3.05, 3.63) is 35.9 Å². The number of likely N-dealkylation sites (tertiary alicyclic amines) is 1. The molecule has 138 valence electrons. The fourth-order valence-corrected chi connectivity index (χ4v) is 5.58. The van der Waals surface area contributed by atoms with E-state index in [1.165, 1.54) is 0 Å². The lowest BCUT2D eigenvalue weighted by Crippen LogP contribution is -2.64. The van der Waals surface area contributed by atoms with Gasteiger partial charge in [0.25, 0.3) is 0 Å². The van der Waals surface area contributed by atoms with Crippen molar-refractivity contribution >= 4 is 14.2 Å². The van der Waals surface area contributed by atoms with Crippen LogP contribution in [-0.4, -0.2) is 31.0 Å². The molecule has 1 aliphatic heterocycles. The number of carbonyl (C=O) groups is 1. The van der Waals surface area contributed by atoms with Crippen LogP contribution in [0.1, 0.15) is 24.8 Å². The van der Waals surface area contributed by atoms with E-state index in [0.29, 0.717) is 24.8 Å². The third kappa shape index (κ3) is 3.12. The predicted octanol–water partition coefficient (Wildman–Crippen LogP) is 4.56. The molecule has 1 aromatic carbocycles. The van der Waals surface area contributed by atoms with Gasteiger partial charge in [-0.05, 0) is 38.0 Å². The minimum Gasteiger partial charge on any atom is -0.388 e. The number of fused-ring (bicyclic) bond motifs is 1. The Kier molecular flexibility index (Phi) is 4.52. The number of rotatable bonds is 4. The zero-order chi connectivity index (χ0) is 18.5. The molecule has 1 amide bonds. The van der Waals surface area contributed by atoms with Gasteiger partial charge in [0, 0.05) is 18.4 Å². The number of nitrogens with zero attached hydrogens (tertiary/aromatic N) is 1. The van der Waals surface area contributed by atoms with E-state index in [1.807, 2.05) is 0 Å². The van der Waals surface area contributed by atoms with Crippen LogP contribution in [0.5, 0.6) is 0 Å². The van der Waals surface area contributed by atoms with Gasteiger partial charge in [0.05, 0.1) is 0 Å². The lowest BCUT2D eigenvalue weighted by Gasteiger charge is -2.46. The number of halogens is 3. The molecule has 0 spiro atoms. The molecule has 3 unspecified atom stereocenters. The largest absolute Gasteiger partial charge is 0.436 e. The van der Waals surface area contributed by atoms with Crippen LogP contribution in [0.3, 0.4) is 0 Å². The summed E-state index contributed by atoms with van der Waals surface area (Å²) < 4.78 is 49.1. The molecule has 2 fully saturated rings. The van der Waals surface area contributed by atoms with Gasteiger partial charge in [0.15, 0.2) is 8.32 Å². The minimum atomic E-state index is -4.62. The van der Waals surface area contributed by atoms with Crippen molar-refractivity contribution in [2.75, 3.05) is 0 Å². The lowest BCUT2D eigenvalue weighted by molar-refractivity contribution is -0.311. The van der Waals surface area contributed by atoms with Crippen LogP contribution >= 0.6 is 0 Å². The second-order valence-electron chi connectivity index (χ2n) is 7.96. The molecular weight excluding hydrogens is 347 g/mol. The third-order valence-electron chi connectivity index (χ3n) is 5.05. The molecule has 2 aliphatic rings. The third-order valence-corrected chi connectivity index (χ3v) is 5.98. The summed E-state index contributed by atoms with van der Waals surface area (Å²) in [6.07, 6.45) is -3.08. The molecule has 0 radical (unpaired) electrons. The Morgan fingerprint density at radius 3 is 2.40 bits per heavy atom. The molecule has 1 saturated carbocycles. The van der Waals surface area contributed by atoms with Gasteiger partial charge in [-0.1, -0.05) is 36.8 Å². The first kappa shape index (κ1) is 18.4. The molecule has 1 aliphatic carbocycles. The maximum atomic E-state index is 14.4. The smallest absolute Gasteiger partial charge is 0.388 e. The van der Waals surface area contributed by atoms with E-state index in [4.69, 9.17) is 4.43 Å². The van der Waals surface area contributed by atoms with Crippen molar-refractivity contribution in [2.24, 2.45) is 11.8 Å². The van der Waals surface area contributed by atoms with Gasteiger partial charge in [0.1, 0.15) is 0 Å². The summed E-state index contributed by atoms with van der Waals surface area (Å²) in [4.78, 5) is 13.9. The summed E-state index contributed by atoms with van der Waals surface area (Å²) in [6, 6.07) is 8.84. The molecule has 25 heavy (non-hydrogen) atoms. The number of hydrogen-bond donors (Lipinski definition) is 0. The zero-order valence-corrected chi connectivity index (χ0v) is 15.8. The highest BCUT2D eigenvalue weighted by atomic mass is 28.4. The van der Waals surface area contributed by atoms with Crippen LogP contribution in [0.2, 0.25) is 19.6 Å². The summed E-state index contributed by atoms with van der Waals surface area (Å²) in [5.41, 5.74) is -1.81. The highest BCUT2D eigenvalue weighted by molar-refractivity contribution is 6.69. The van der Waals surface area contributed by atoms with Crippen LogP contribution < -0.4 is 0 Å². The average Bonchev–Trinajstić information content (AvgIpc) is 3.05. The van der Waals surface area contributed by atoms with Gasteiger partial charge in [-0.2, -0.15) is 13.2 Å². The summed E-state index contributed by atoms with van der Waals surface area (Å²) >= 11 is 0. The molecule has 3 rings (SSSR count). The summed E-state index contributed by atoms with van der Waals surface area (Å²) in [5, 5.41) is 0. The van der Waals surface area contributed by atoms with Crippen molar-refractivity contribution in [2.45, 2.75) is 57.3 Å². The quantitative estimate of drug-likeness (QED) is 0.727. The topological polar surface area (TPSA) is 29.5 Å². The van der Waals surface area contributed by atoms with Gasteiger partial charge in [-0.15, -0.1) is 0 Å². The molecule has 0 aromatic heterocycles. The molecule has 7 heteroatoms. The van der Waals surface area contributed by atoms with Crippen LogP contribution in [0.4, 0.5) is 13.2 Å². The standard InChI is InChI=1S/C18H24F3NO2Si/c1-25(2,3)24-17(18(19,20)21)15-11-7-10-14(15)16(23)22(17)12-13-8-5-4-6-9-13/h4-6,8-9,14-15H,7,10-12H2,1-3H3. The van der Waals surface area contributed by atoms with Crippen molar-refractivity contribution < 1.29 is 22.4 Å². The average molecular weight is 371 g/mol. The summed E-state index contributed by atoms with van der Waals surface area (Å²) in [5.74, 6) is -1.81. The second-order valence-corrected chi connectivity index (χ2v) is 12.4. The predicted molar refractivity (Wildman–Crippen MR) is 91.0 cm³/mol. The van der Waals surface area contributed by atoms with Crippen molar-refractivity contribution in [1.82, 2.24) is 4.90 Å². The molecule has 1 saturated heterocycles. The highest BCUT2D eigenvalue weighted by Gasteiger charge is 2.73. The minimum absolute atomic E-state index is 0.0728. The monoisotopic (exact) mass is 371 g/mol. The number of alkyl halides is 3. The number of carbonyl (C=O) groups excluding carboxylic acids is 1. The number of hydrogen-bond acceptors (Lipinski definition) is 2.